The highest BCUT2D eigenvalue weighted by molar-refractivity contribution is 6.30. The Labute approximate surface area is 106 Å². The van der Waals surface area contributed by atoms with Crippen molar-refractivity contribution < 1.29 is 4.84 Å². The molecule has 1 aliphatic heterocycles. The number of rotatable bonds is 1. The molecule has 92 valence electrons. The lowest BCUT2D eigenvalue weighted by molar-refractivity contribution is -0.151. The van der Waals surface area contributed by atoms with Crippen molar-refractivity contribution in [1.82, 2.24) is 5.06 Å². The summed E-state index contributed by atoms with van der Waals surface area (Å²) in [6, 6.07) is 7.72. The highest BCUT2D eigenvalue weighted by Gasteiger charge is 2.37. The third-order valence-corrected chi connectivity index (χ3v) is 2.74. The average molecular weight is 254 g/mol. The zero-order chi connectivity index (χ0) is 12.6. The van der Waals surface area contributed by atoms with Gasteiger partial charge in [0.05, 0.1) is 5.54 Å². The third kappa shape index (κ3) is 2.53. The van der Waals surface area contributed by atoms with Gasteiger partial charge in [-0.05, 0) is 38.5 Å². The van der Waals surface area contributed by atoms with Crippen LogP contribution in [0.3, 0.4) is 0 Å². The van der Waals surface area contributed by atoms with Gasteiger partial charge in [0, 0.05) is 5.02 Å². The molecule has 1 atom stereocenters. The molecule has 5 heteroatoms. The molecule has 0 radical (unpaired) electrons. The summed E-state index contributed by atoms with van der Waals surface area (Å²) in [7, 11) is 0. The number of halogens is 1. The van der Waals surface area contributed by atoms with Gasteiger partial charge in [0.2, 0.25) is 0 Å². The third-order valence-electron chi connectivity index (χ3n) is 2.49. The molecular formula is C12H16ClN3O. The molecule has 0 saturated heterocycles. The normalized spacial score (nSPS) is 21.2. The lowest BCUT2D eigenvalue weighted by atomic mass is 10.1. The largest absolute Gasteiger partial charge is 0.365 e. The second-order valence-corrected chi connectivity index (χ2v) is 5.42. The smallest absolute Gasteiger partial charge is 0.304 e. The Morgan fingerprint density at radius 3 is 2.41 bits per heavy atom. The van der Waals surface area contributed by atoms with E-state index >= 15 is 0 Å². The molecule has 0 bridgehead atoms. The maximum atomic E-state index is 5.87. The molecule has 1 heterocycles. The van der Waals surface area contributed by atoms with Crippen LogP contribution in [-0.2, 0) is 4.84 Å². The fourth-order valence-electron chi connectivity index (χ4n) is 1.70. The van der Waals surface area contributed by atoms with Gasteiger partial charge in [-0.2, -0.15) is 0 Å². The average Bonchev–Trinajstić information content (AvgIpc) is 2.61. The van der Waals surface area contributed by atoms with Crippen molar-refractivity contribution in [2.45, 2.75) is 32.5 Å². The van der Waals surface area contributed by atoms with E-state index in [-0.39, 0.29) is 17.7 Å². The fraction of sp³-hybridized carbons (Fsp3) is 0.417. The quantitative estimate of drug-likeness (QED) is 0.837. The molecule has 0 spiro atoms. The van der Waals surface area contributed by atoms with Crippen LogP contribution in [0.15, 0.2) is 29.3 Å². The maximum Gasteiger partial charge on any atom is 0.304 e. The number of aliphatic imine (C=N–C) groups is 1. The monoisotopic (exact) mass is 253 g/mol. The van der Waals surface area contributed by atoms with Crippen molar-refractivity contribution >= 4 is 17.6 Å². The summed E-state index contributed by atoms with van der Waals surface area (Å²) >= 11 is 5.87. The van der Waals surface area contributed by atoms with E-state index in [9.17, 15) is 0 Å². The van der Waals surface area contributed by atoms with E-state index in [2.05, 4.69) is 4.99 Å². The van der Waals surface area contributed by atoms with Gasteiger partial charge < -0.3 is 10.6 Å². The Bertz CT molecular complexity index is 436. The van der Waals surface area contributed by atoms with Crippen LogP contribution in [-0.4, -0.2) is 16.6 Å². The minimum atomic E-state index is -0.215. The highest BCUT2D eigenvalue weighted by Crippen LogP contribution is 2.33. The van der Waals surface area contributed by atoms with Crippen LogP contribution in [0.4, 0.5) is 0 Å². The van der Waals surface area contributed by atoms with Gasteiger partial charge >= 0.3 is 6.02 Å². The molecular weight excluding hydrogens is 238 g/mol. The van der Waals surface area contributed by atoms with E-state index in [1.54, 1.807) is 5.06 Å². The number of amidine groups is 1. The summed E-state index contributed by atoms with van der Waals surface area (Å²) in [6.07, 6.45) is -0.215. The molecule has 2 N–H and O–H groups in total. The molecule has 1 aromatic carbocycles. The summed E-state index contributed by atoms with van der Waals surface area (Å²) in [5, 5.41) is 2.48. The number of hydrogen-bond acceptors (Lipinski definition) is 4. The van der Waals surface area contributed by atoms with Gasteiger partial charge in [-0.15, -0.1) is 5.06 Å². The second-order valence-electron chi connectivity index (χ2n) is 4.98. The Hall–Kier alpha value is -1.26. The Morgan fingerprint density at radius 2 is 1.88 bits per heavy atom. The SMILES string of the molecule is CC(C)(C)N1OC(N)=NC1c1ccc(Cl)cc1. The molecule has 0 saturated carbocycles. The Morgan fingerprint density at radius 1 is 1.29 bits per heavy atom. The summed E-state index contributed by atoms with van der Waals surface area (Å²) in [6.45, 7) is 6.14. The van der Waals surface area contributed by atoms with Gasteiger partial charge in [-0.1, -0.05) is 23.7 Å². The molecule has 0 aromatic heterocycles. The molecule has 1 aliphatic rings. The number of hydrogen-bond donors (Lipinski definition) is 1. The van der Waals surface area contributed by atoms with Crippen LogP contribution >= 0.6 is 11.6 Å². The topological polar surface area (TPSA) is 50.9 Å². The predicted octanol–water partition coefficient (Wildman–Crippen LogP) is 2.70. The molecule has 0 amide bonds. The number of nitrogens with zero attached hydrogens (tertiary/aromatic N) is 2. The lowest BCUT2D eigenvalue weighted by Crippen LogP contribution is -2.41. The Kier molecular flexibility index (Phi) is 3.02. The fourth-order valence-corrected chi connectivity index (χ4v) is 1.82. The summed E-state index contributed by atoms with van der Waals surface area (Å²) in [5.41, 5.74) is 6.46. The molecule has 1 unspecified atom stereocenters. The van der Waals surface area contributed by atoms with E-state index in [1.807, 2.05) is 45.0 Å². The van der Waals surface area contributed by atoms with Crippen molar-refractivity contribution in [3.63, 3.8) is 0 Å². The summed E-state index contributed by atoms with van der Waals surface area (Å²) in [4.78, 5) is 9.74. The molecule has 0 aliphatic carbocycles. The van der Waals surface area contributed by atoms with Crippen LogP contribution in [0.25, 0.3) is 0 Å². The van der Waals surface area contributed by atoms with Gasteiger partial charge in [0.1, 0.15) is 0 Å². The van der Waals surface area contributed by atoms with Crippen LogP contribution in [0.5, 0.6) is 0 Å². The Balaban J connectivity index is 2.32. The maximum absolute atomic E-state index is 5.87. The number of benzene rings is 1. The van der Waals surface area contributed by atoms with Crippen LogP contribution < -0.4 is 5.73 Å². The first-order valence-electron chi connectivity index (χ1n) is 5.44. The second kappa shape index (κ2) is 4.20. The zero-order valence-electron chi connectivity index (χ0n) is 10.1. The van der Waals surface area contributed by atoms with Gasteiger partial charge in [0.15, 0.2) is 6.17 Å². The first kappa shape index (κ1) is 12.2. The van der Waals surface area contributed by atoms with E-state index in [1.165, 1.54) is 0 Å². The van der Waals surface area contributed by atoms with Crippen molar-refractivity contribution in [3.8, 4) is 0 Å². The minimum absolute atomic E-state index is 0.186. The molecule has 17 heavy (non-hydrogen) atoms. The van der Waals surface area contributed by atoms with Crippen molar-refractivity contribution in [2.75, 3.05) is 0 Å². The van der Waals surface area contributed by atoms with Crippen molar-refractivity contribution in [3.05, 3.63) is 34.9 Å². The first-order valence-corrected chi connectivity index (χ1v) is 5.82. The summed E-state index contributed by atoms with van der Waals surface area (Å²) in [5.74, 6) is 0. The van der Waals surface area contributed by atoms with Crippen molar-refractivity contribution in [2.24, 2.45) is 10.7 Å². The van der Waals surface area contributed by atoms with Gasteiger partial charge in [-0.25, -0.2) is 4.99 Å². The van der Waals surface area contributed by atoms with E-state index in [0.29, 0.717) is 5.02 Å². The van der Waals surface area contributed by atoms with Crippen LogP contribution in [0.1, 0.15) is 32.5 Å². The van der Waals surface area contributed by atoms with Gasteiger partial charge in [-0.3, -0.25) is 0 Å². The van der Waals surface area contributed by atoms with E-state index < -0.39 is 0 Å². The predicted molar refractivity (Wildman–Crippen MR) is 68.5 cm³/mol. The van der Waals surface area contributed by atoms with E-state index in [4.69, 9.17) is 22.2 Å². The molecule has 1 aromatic rings. The van der Waals surface area contributed by atoms with Gasteiger partial charge in [0.25, 0.3) is 0 Å². The zero-order valence-corrected chi connectivity index (χ0v) is 10.9. The summed E-state index contributed by atoms with van der Waals surface area (Å²) < 4.78 is 0. The molecule has 4 nitrogen and oxygen atoms in total. The highest BCUT2D eigenvalue weighted by atomic mass is 35.5. The molecule has 0 fully saturated rings. The van der Waals surface area contributed by atoms with Crippen LogP contribution in [0.2, 0.25) is 5.02 Å². The first-order chi connectivity index (χ1) is 7.88. The minimum Gasteiger partial charge on any atom is -0.365 e. The number of hydroxylamine groups is 2. The molecule has 2 rings (SSSR count). The number of nitrogens with two attached hydrogens (primary N) is 1. The standard InChI is InChI=1S/C12H16ClN3O/c1-12(2,3)16-10(15-11(14)17-16)8-4-6-9(13)7-5-8/h4-7,10H,1-3H3,(H2,14,15). The van der Waals surface area contributed by atoms with Crippen molar-refractivity contribution in [1.29, 1.82) is 0 Å². The van der Waals surface area contributed by atoms with Crippen LogP contribution in [0, 0.1) is 0 Å². The van der Waals surface area contributed by atoms with E-state index in [0.717, 1.165) is 5.56 Å². The lowest BCUT2D eigenvalue weighted by Gasteiger charge is -2.33.